The maximum atomic E-state index is 12.4. The molecule has 170 valence electrons. The Morgan fingerprint density at radius 3 is 2.22 bits per heavy atom. The lowest BCUT2D eigenvalue weighted by Gasteiger charge is -2.47. The van der Waals surface area contributed by atoms with Crippen LogP contribution >= 0.6 is 0 Å². The summed E-state index contributed by atoms with van der Waals surface area (Å²) < 4.78 is 34.5. The number of hydrogen-bond acceptors (Lipinski definition) is 8. The van der Waals surface area contributed by atoms with Gasteiger partial charge in [0.15, 0.2) is 24.8 Å². The Labute approximate surface area is 187 Å². The number of carbonyl (C=O) groups excluding carboxylic acids is 2. The van der Waals surface area contributed by atoms with Crippen LogP contribution in [0.4, 0.5) is 0 Å². The van der Waals surface area contributed by atoms with E-state index >= 15 is 0 Å². The summed E-state index contributed by atoms with van der Waals surface area (Å²) in [6.45, 7) is 0.167. The van der Waals surface area contributed by atoms with Crippen LogP contribution in [-0.4, -0.2) is 56.4 Å². The van der Waals surface area contributed by atoms with Gasteiger partial charge in [0.2, 0.25) is 0 Å². The Morgan fingerprint density at radius 2 is 1.62 bits per heavy atom. The summed E-state index contributed by atoms with van der Waals surface area (Å²) in [5.41, 5.74) is 0.791. The Bertz CT molecular complexity index is 855. The summed E-state index contributed by atoms with van der Waals surface area (Å²) in [6.07, 6.45) is 5.83. The minimum absolute atomic E-state index is 0.00585. The van der Waals surface area contributed by atoms with Crippen LogP contribution < -0.4 is 0 Å². The number of hydrogen-bond donors (Lipinski definition) is 0. The molecule has 3 rings (SSSR count). The van der Waals surface area contributed by atoms with Gasteiger partial charge in [0.25, 0.3) is 0 Å². The van der Waals surface area contributed by atoms with Crippen LogP contribution in [0.5, 0.6) is 0 Å². The lowest BCUT2D eigenvalue weighted by Crippen LogP contribution is -2.64. The molecule has 0 aromatic heterocycles. The van der Waals surface area contributed by atoms with Crippen molar-refractivity contribution in [3.63, 3.8) is 0 Å². The van der Waals surface area contributed by atoms with Gasteiger partial charge in [-0.2, -0.15) is 0 Å². The first-order chi connectivity index (χ1) is 15.6. The van der Waals surface area contributed by atoms with Gasteiger partial charge in [-0.25, -0.2) is 0 Å². The number of carbonyl (C=O) groups is 2. The fraction of sp³-hybridized carbons (Fsp3) is 0.500. The van der Waals surface area contributed by atoms with Gasteiger partial charge >= 0.3 is 11.9 Å². The fourth-order valence-corrected chi connectivity index (χ4v) is 3.55. The predicted octanol–water partition coefficient (Wildman–Crippen LogP) is 2.12. The lowest BCUT2D eigenvalue weighted by atomic mass is 9.97. The van der Waals surface area contributed by atoms with Gasteiger partial charge in [0.1, 0.15) is 12.2 Å². The number of fused-ring (bicyclic) bond motifs is 1. The van der Waals surface area contributed by atoms with Crippen molar-refractivity contribution >= 4 is 11.9 Å². The quantitative estimate of drug-likeness (QED) is 0.447. The third-order valence-electron chi connectivity index (χ3n) is 5.07. The largest absolute Gasteiger partial charge is 0.455 e. The Balaban J connectivity index is 1.84. The highest BCUT2D eigenvalue weighted by molar-refractivity contribution is 5.71. The molecule has 0 radical (unpaired) electrons. The number of terminal acetylenes is 2. The molecule has 1 unspecified atom stereocenters. The van der Waals surface area contributed by atoms with E-state index in [0.717, 1.165) is 5.56 Å². The Kier molecular flexibility index (Phi) is 8.66. The molecule has 0 spiro atoms. The van der Waals surface area contributed by atoms with Gasteiger partial charge in [-0.1, -0.05) is 30.3 Å². The first-order valence-electron chi connectivity index (χ1n) is 10.3. The minimum atomic E-state index is -1.06. The zero-order valence-corrected chi connectivity index (χ0v) is 17.8. The van der Waals surface area contributed by atoms with Crippen LogP contribution in [-0.2, 0) is 38.0 Å². The van der Waals surface area contributed by atoms with Crippen molar-refractivity contribution in [2.45, 2.75) is 62.7 Å². The second-order valence-electron chi connectivity index (χ2n) is 7.27. The van der Waals surface area contributed by atoms with Gasteiger partial charge in [-0.3, -0.25) is 9.59 Å². The van der Waals surface area contributed by atoms with Crippen LogP contribution in [0.2, 0.25) is 0 Å². The molecule has 0 amide bonds. The van der Waals surface area contributed by atoms with Crippen LogP contribution in [0, 0.1) is 24.7 Å². The van der Waals surface area contributed by atoms with Gasteiger partial charge in [0, 0.05) is 25.5 Å². The highest BCUT2D eigenvalue weighted by Crippen LogP contribution is 2.36. The van der Waals surface area contributed by atoms with E-state index in [0.29, 0.717) is 0 Å². The highest BCUT2D eigenvalue weighted by Gasteiger charge is 2.53. The number of rotatable bonds is 8. The summed E-state index contributed by atoms with van der Waals surface area (Å²) in [5.74, 6) is 3.69. The van der Waals surface area contributed by atoms with Gasteiger partial charge in [0.05, 0.1) is 19.4 Å². The summed E-state index contributed by atoms with van der Waals surface area (Å²) in [7, 11) is 1.40. The number of methoxy groups -OCH3 is 1. The van der Waals surface area contributed by atoms with Crippen molar-refractivity contribution in [1.82, 2.24) is 0 Å². The Hall–Kier alpha value is -2.88. The van der Waals surface area contributed by atoms with Crippen LogP contribution in [0.15, 0.2) is 30.3 Å². The molecule has 0 aliphatic carbocycles. The second kappa shape index (κ2) is 11.7. The standard InChI is InChI=1S/C24H26O8/c1-4-6-13-18(25)30-21-20-17(15-28-23(32-20)16-11-9-8-10-12-16)29-24(27-3)22(21)31-19(26)14-7-5-2/h1-2,8-12,17,20-24H,6-7,13-15H2,3H3/t17-,20-,21+,22-,23?,24+/m1/s1. The van der Waals surface area contributed by atoms with Crippen molar-refractivity contribution in [1.29, 1.82) is 0 Å². The maximum Gasteiger partial charge on any atom is 0.307 e. The maximum absolute atomic E-state index is 12.4. The molecule has 1 aromatic carbocycles. The fourth-order valence-electron chi connectivity index (χ4n) is 3.55. The molecule has 0 saturated carbocycles. The summed E-state index contributed by atoms with van der Waals surface area (Å²) in [4.78, 5) is 24.8. The molecule has 2 aliphatic rings. The van der Waals surface area contributed by atoms with Crippen molar-refractivity contribution in [3.8, 4) is 24.7 Å². The van der Waals surface area contributed by atoms with E-state index in [4.69, 9.17) is 41.3 Å². The predicted molar refractivity (Wildman–Crippen MR) is 112 cm³/mol. The molecule has 8 heteroatoms. The topological polar surface area (TPSA) is 89.5 Å². The SMILES string of the molecule is C#CCCC(=O)O[C@@H]1[C@@H](OC(=O)CCC#C)[C@@H](OC)O[C@@H]2COC(c3ccccc3)O[C@@H]12. The smallest absolute Gasteiger partial charge is 0.307 e. The molecule has 2 heterocycles. The van der Waals surface area contributed by atoms with Crippen molar-refractivity contribution in [2.75, 3.05) is 13.7 Å². The molecule has 2 aliphatic heterocycles. The summed E-state index contributed by atoms with van der Waals surface area (Å²) in [5, 5.41) is 0. The normalized spacial score (nSPS) is 29.1. The van der Waals surface area contributed by atoms with Crippen molar-refractivity contribution in [3.05, 3.63) is 35.9 Å². The van der Waals surface area contributed by atoms with E-state index in [9.17, 15) is 9.59 Å². The molecular weight excluding hydrogens is 416 g/mol. The van der Waals surface area contributed by atoms with E-state index in [1.807, 2.05) is 30.3 Å². The molecule has 2 fully saturated rings. The first-order valence-corrected chi connectivity index (χ1v) is 10.3. The number of ether oxygens (including phenoxy) is 6. The number of benzene rings is 1. The zero-order chi connectivity index (χ0) is 22.9. The van der Waals surface area contributed by atoms with E-state index < -0.39 is 48.9 Å². The Morgan fingerprint density at radius 1 is 1.00 bits per heavy atom. The zero-order valence-electron chi connectivity index (χ0n) is 17.8. The van der Waals surface area contributed by atoms with Crippen LogP contribution in [0.25, 0.3) is 0 Å². The first kappa shape index (κ1) is 23.8. The third-order valence-corrected chi connectivity index (χ3v) is 5.07. The van der Waals surface area contributed by atoms with Gasteiger partial charge < -0.3 is 28.4 Å². The summed E-state index contributed by atoms with van der Waals surface area (Å²) >= 11 is 0. The van der Waals surface area contributed by atoms with Gasteiger partial charge in [-0.05, 0) is 0 Å². The van der Waals surface area contributed by atoms with E-state index in [1.54, 1.807) is 0 Å². The third kappa shape index (κ3) is 5.87. The lowest BCUT2D eigenvalue weighted by molar-refractivity contribution is -0.359. The molecule has 32 heavy (non-hydrogen) atoms. The van der Waals surface area contributed by atoms with E-state index in [2.05, 4.69) is 11.8 Å². The second-order valence-corrected chi connectivity index (χ2v) is 7.27. The highest BCUT2D eigenvalue weighted by atomic mass is 16.8. The van der Waals surface area contributed by atoms with Crippen molar-refractivity contribution < 1.29 is 38.0 Å². The average Bonchev–Trinajstić information content (AvgIpc) is 2.82. The monoisotopic (exact) mass is 442 g/mol. The van der Waals surface area contributed by atoms with Crippen LogP contribution in [0.1, 0.15) is 37.5 Å². The molecular formula is C24H26O8. The summed E-state index contributed by atoms with van der Waals surface area (Å²) in [6, 6.07) is 9.32. The average molecular weight is 442 g/mol. The molecule has 0 N–H and O–H groups in total. The van der Waals surface area contributed by atoms with Gasteiger partial charge in [-0.15, -0.1) is 24.7 Å². The number of esters is 2. The van der Waals surface area contributed by atoms with Crippen LogP contribution in [0.3, 0.4) is 0 Å². The molecule has 8 nitrogen and oxygen atoms in total. The van der Waals surface area contributed by atoms with Crippen molar-refractivity contribution in [2.24, 2.45) is 0 Å². The molecule has 6 atom stereocenters. The minimum Gasteiger partial charge on any atom is -0.455 e. The molecule has 1 aromatic rings. The van der Waals surface area contributed by atoms with E-state index in [-0.39, 0.29) is 32.3 Å². The van der Waals surface area contributed by atoms with E-state index in [1.165, 1.54) is 7.11 Å². The molecule has 0 bridgehead atoms. The molecule has 2 saturated heterocycles.